The van der Waals surface area contributed by atoms with Crippen LogP contribution in [-0.2, 0) is 19.9 Å². The van der Waals surface area contributed by atoms with Crippen LogP contribution in [0, 0.1) is 12.8 Å². The molecule has 2 aromatic carbocycles. The molecule has 44 heavy (non-hydrogen) atoms. The third-order valence-corrected chi connectivity index (χ3v) is 10.0. The van der Waals surface area contributed by atoms with Crippen molar-refractivity contribution in [3.8, 4) is 11.3 Å². The smallest absolute Gasteiger partial charge is 0.293 e. The van der Waals surface area contributed by atoms with Gasteiger partial charge in [-0.3, -0.25) is 14.4 Å². The lowest BCUT2D eigenvalue weighted by Crippen LogP contribution is -2.38. The number of aryl methyl sites for hydroxylation is 3. The second-order valence-electron chi connectivity index (χ2n) is 12.0. The fraction of sp³-hybridized carbons (Fsp3) is 0.353. The first kappa shape index (κ1) is 29.6. The minimum absolute atomic E-state index is 0.0712. The molecule has 4 N–H and O–H groups in total. The molecule has 10 heteroatoms. The Balaban J connectivity index is 1.23. The van der Waals surface area contributed by atoms with E-state index in [0.29, 0.717) is 34.2 Å². The van der Waals surface area contributed by atoms with Gasteiger partial charge in [0, 0.05) is 53.8 Å². The third kappa shape index (κ3) is 5.99. The van der Waals surface area contributed by atoms with Crippen LogP contribution in [0.1, 0.15) is 68.6 Å². The van der Waals surface area contributed by atoms with E-state index in [-0.39, 0.29) is 23.2 Å². The molecule has 228 valence electrons. The van der Waals surface area contributed by atoms with E-state index >= 15 is 0 Å². The predicted molar refractivity (Wildman–Crippen MR) is 177 cm³/mol. The monoisotopic (exact) mass is 610 g/mol. The number of hydrogen-bond donors (Lipinski definition) is 3. The van der Waals surface area contributed by atoms with E-state index in [1.807, 2.05) is 36.1 Å². The Bertz CT molecular complexity index is 1780. The minimum Gasteiger partial charge on any atom is -0.398 e. The van der Waals surface area contributed by atoms with Crippen LogP contribution in [0.4, 0.5) is 22.9 Å². The van der Waals surface area contributed by atoms with Crippen molar-refractivity contribution in [1.82, 2.24) is 14.5 Å². The Kier molecular flexibility index (Phi) is 8.27. The lowest BCUT2D eigenvalue weighted by Gasteiger charge is -2.30. The van der Waals surface area contributed by atoms with Crippen LogP contribution in [0.2, 0.25) is 0 Å². The summed E-state index contributed by atoms with van der Waals surface area (Å²) in [6.07, 6.45) is 8.09. The maximum atomic E-state index is 13.2. The average molecular weight is 611 g/mol. The summed E-state index contributed by atoms with van der Waals surface area (Å²) in [5.74, 6) is 0.565. The maximum absolute atomic E-state index is 13.2. The number of nitrogens with two attached hydrogens (primary N) is 1. The van der Waals surface area contributed by atoms with Gasteiger partial charge in [-0.2, -0.15) is 0 Å². The summed E-state index contributed by atoms with van der Waals surface area (Å²) in [7, 11) is 1.67. The summed E-state index contributed by atoms with van der Waals surface area (Å²) in [6.45, 7) is 5.60. The molecule has 0 atom stereocenters. The van der Waals surface area contributed by atoms with E-state index in [2.05, 4.69) is 22.5 Å². The number of hydrogen-bond acceptors (Lipinski definition) is 7. The van der Waals surface area contributed by atoms with Crippen LogP contribution in [0.25, 0.3) is 11.3 Å². The molecular weight excluding hydrogens is 572 g/mol. The lowest BCUT2D eigenvalue weighted by molar-refractivity contribution is 0.0698. The van der Waals surface area contributed by atoms with Crippen molar-refractivity contribution in [3.05, 3.63) is 85.5 Å². The van der Waals surface area contributed by atoms with Gasteiger partial charge in [-0.25, -0.2) is 4.98 Å². The molecule has 1 aliphatic heterocycles. The van der Waals surface area contributed by atoms with E-state index in [1.54, 1.807) is 42.8 Å². The van der Waals surface area contributed by atoms with Crippen LogP contribution >= 0.6 is 11.3 Å². The Morgan fingerprint density at radius 2 is 1.84 bits per heavy atom. The largest absolute Gasteiger partial charge is 0.398 e. The maximum Gasteiger partial charge on any atom is 0.293 e. The van der Waals surface area contributed by atoms with E-state index in [4.69, 9.17) is 5.73 Å². The highest BCUT2D eigenvalue weighted by molar-refractivity contribution is 7.14. The number of thiophene rings is 1. The molecule has 0 saturated carbocycles. The second kappa shape index (κ2) is 12.3. The molecule has 1 fully saturated rings. The van der Waals surface area contributed by atoms with Gasteiger partial charge in [0.1, 0.15) is 0 Å². The molecule has 2 aromatic heterocycles. The summed E-state index contributed by atoms with van der Waals surface area (Å²) in [5.41, 5.74) is 11.6. The van der Waals surface area contributed by atoms with Crippen molar-refractivity contribution in [2.45, 2.75) is 52.4 Å². The Morgan fingerprint density at radius 1 is 1.07 bits per heavy atom. The van der Waals surface area contributed by atoms with E-state index in [0.717, 1.165) is 54.8 Å². The van der Waals surface area contributed by atoms with Crippen molar-refractivity contribution < 1.29 is 9.59 Å². The fourth-order valence-electron chi connectivity index (χ4n) is 6.01. The fourth-order valence-corrected chi connectivity index (χ4v) is 7.16. The van der Waals surface area contributed by atoms with E-state index < -0.39 is 0 Å². The number of amides is 2. The van der Waals surface area contributed by atoms with Gasteiger partial charge in [-0.1, -0.05) is 19.1 Å². The molecule has 3 heterocycles. The molecule has 9 nitrogen and oxygen atoms in total. The molecule has 4 aromatic rings. The highest BCUT2D eigenvalue weighted by atomic mass is 32.1. The molecule has 0 unspecified atom stereocenters. The van der Waals surface area contributed by atoms with E-state index in [9.17, 15) is 14.4 Å². The predicted octanol–water partition coefficient (Wildman–Crippen LogP) is 6.15. The molecule has 0 radical (unpaired) electrons. The van der Waals surface area contributed by atoms with Gasteiger partial charge < -0.3 is 25.8 Å². The molecule has 2 aliphatic rings. The molecular formula is C34H38N6O3S. The number of likely N-dealkylation sites (tertiary alicyclic amines) is 1. The van der Waals surface area contributed by atoms with Crippen LogP contribution in [0.15, 0.2) is 53.5 Å². The molecule has 0 spiro atoms. The molecule has 6 rings (SSSR count). The summed E-state index contributed by atoms with van der Waals surface area (Å²) >= 11 is 1.59. The highest BCUT2D eigenvalue weighted by Crippen LogP contribution is 2.32. The SMILES string of the molecule is Cc1c(NC(=O)c2cc3c(s2)CCCC3)cccc1-c1cn(C)c(=O)c(Nc2ccc(C(=O)N3CCC(C)CC3)c(N)c2)n1. The average Bonchev–Trinajstić information content (AvgIpc) is 3.45. The van der Waals surface area contributed by atoms with Gasteiger partial charge >= 0.3 is 0 Å². The van der Waals surface area contributed by atoms with Crippen molar-refractivity contribution in [3.63, 3.8) is 0 Å². The molecule has 2 amide bonds. The lowest BCUT2D eigenvalue weighted by atomic mass is 9.98. The highest BCUT2D eigenvalue weighted by Gasteiger charge is 2.23. The first-order chi connectivity index (χ1) is 21.2. The number of benzene rings is 2. The topological polar surface area (TPSA) is 122 Å². The van der Waals surface area contributed by atoms with Crippen molar-refractivity contribution in [2.75, 3.05) is 29.5 Å². The number of fused-ring (bicyclic) bond motifs is 1. The van der Waals surface area contributed by atoms with Crippen molar-refractivity contribution in [1.29, 1.82) is 0 Å². The van der Waals surface area contributed by atoms with E-state index in [1.165, 1.54) is 27.8 Å². The first-order valence-corrected chi connectivity index (χ1v) is 16.1. The number of nitrogens with one attached hydrogen (secondary N) is 2. The number of nitrogen functional groups attached to an aromatic ring is 1. The summed E-state index contributed by atoms with van der Waals surface area (Å²) in [6, 6.07) is 12.8. The third-order valence-electron chi connectivity index (χ3n) is 8.77. The number of carbonyl (C=O) groups is 2. The summed E-state index contributed by atoms with van der Waals surface area (Å²) in [4.78, 5) is 47.9. The first-order valence-electron chi connectivity index (χ1n) is 15.2. The van der Waals surface area contributed by atoms with Gasteiger partial charge in [0.2, 0.25) is 0 Å². The zero-order valence-corrected chi connectivity index (χ0v) is 26.2. The minimum atomic E-state index is -0.307. The van der Waals surface area contributed by atoms with Gasteiger partial charge in [0.25, 0.3) is 17.4 Å². The molecule has 1 saturated heterocycles. The van der Waals surface area contributed by atoms with Crippen molar-refractivity contribution in [2.24, 2.45) is 13.0 Å². The molecule has 0 bridgehead atoms. The van der Waals surface area contributed by atoms with Crippen LogP contribution in [0.3, 0.4) is 0 Å². The van der Waals surface area contributed by atoms with Gasteiger partial charge in [0.15, 0.2) is 5.82 Å². The van der Waals surface area contributed by atoms with Crippen LogP contribution in [-0.4, -0.2) is 39.4 Å². The van der Waals surface area contributed by atoms with Crippen molar-refractivity contribution >= 4 is 46.0 Å². The number of rotatable bonds is 6. The number of aromatic nitrogens is 2. The second-order valence-corrected chi connectivity index (χ2v) is 13.1. The Hall–Kier alpha value is -4.44. The zero-order valence-electron chi connectivity index (χ0n) is 25.4. The number of piperidine rings is 1. The van der Waals surface area contributed by atoms with Gasteiger partial charge in [-0.15, -0.1) is 11.3 Å². The van der Waals surface area contributed by atoms with Gasteiger partial charge in [-0.05, 0) is 92.8 Å². The Labute approximate surface area is 261 Å². The zero-order chi connectivity index (χ0) is 31.0. The number of carbonyl (C=O) groups excluding carboxylic acids is 2. The summed E-state index contributed by atoms with van der Waals surface area (Å²) in [5, 5.41) is 6.20. The normalized spacial score (nSPS) is 15.1. The standard InChI is InChI=1S/C34H38N6O3S/c1-20-13-15-40(16-14-20)33(42)25-12-11-23(18-26(25)35)36-31-34(43)39(3)19-28(37-31)24-8-6-9-27(21(24)2)38-32(41)30-17-22-7-4-5-10-29(22)44-30/h6,8-9,11-12,17-20H,4-5,7,10,13-16,35H2,1-3H3,(H,36,37)(H,38,41). The van der Waals surface area contributed by atoms with Crippen LogP contribution < -0.4 is 21.9 Å². The molecule has 1 aliphatic carbocycles. The number of anilines is 4. The quantitative estimate of drug-likeness (QED) is 0.225. The Morgan fingerprint density at radius 3 is 2.59 bits per heavy atom. The van der Waals surface area contributed by atoms with Gasteiger partial charge in [0.05, 0.1) is 16.1 Å². The van der Waals surface area contributed by atoms with Crippen LogP contribution in [0.5, 0.6) is 0 Å². The summed E-state index contributed by atoms with van der Waals surface area (Å²) < 4.78 is 1.48. The number of nitrogens with zero attached hydrogens (tertiary/aromatic N) is 3.